The lowest BCUT2D eigenvalue weighted by molar-refractivity contribution is -0.130. The standard InChI is InChI=1S/C22H29N3O3S/c1-19-8-5-6-9-20(19)18-24-14-7-15-25(17-16-24)22(26)12-13-23-29(27,28)21-10-3-2-4-11-21/h2-6,8-11,23H,7,12-18H2,1H3. The van der Waals surface area contributed by atoms with Crippen molar-refractivity contribution in [1.82, 2.24) is 14.5 Å². The molecule has 0 aliphatic carbocycles. The van der Waals surface area contributed by atoms with Gasteiger partial charge in [-0.2, -0.15) is 0 Å². The van der Waals surface area contributed by atoms with Crippen LogP contribution in [0.1, 0.15) is 24.0 Å². The highest BCUT2D eigenvalue weighted by atomic mass is 32.2. The van der Waals surface area contributed by atoms with Gasteiger partial charge in [0.25, 0.3) is 0 Å². The molecule has 1 amide bonds. The van der Waals surface area contributed by atoms with Crippen LogP contribution in [0.2, 0.25) is 0 Å². The highest BCUT2D eigenvalue weighted by Crippen LogP contribution is 2.13. The first-order chi connectivity index (χ1) is 14.0. The Bertz CT molecular complexity index is 916. The molecule has 0 bridgehead atoms. The smallest absolute Gasteiger partial charge is 0.240 e. The van der Waals surface area contributed by atoms with Crippen molar-refractivity contribution in [1.29, 1.82) is 0 Å². The molecule has 0 aromatic heterocycles. The van der Waals surface area contributed by atoms with Crippen molar-refractivity contribution in [2.75, 3.05) is 32.7 Å². The third kappa shape index (κ3) is 6.13. The topological polar surface area (TPSA) is 69.7 Å². The number of hydrogen-bond acceptors (Lipinski definition) is 4. The van der Waals surface area contributed by atoms with Gasteiger partial charge in [-0.15, -0.1) is 0 Å². The van der Waals surface area contributed by atoms with E-state index in [9.17, 15) is 13.2 Å². The normalized spacial score (nSPS) is 15.8. The zero-order valence-corrected chi connectivity index (χ0v) is 17.7. The Morgan fingerprint density at radius 3 is 2.45 bits per heavy atom. The molecule has 7 heteroatoms. The van der Waals surface area contributed by atoms with Crippen molar-refractivity contribution in [2.45, 2.75) is 31.2 Å². The van der Waals surface area contributed by atoms with Crippen molar-refractivity contribution in [3.8, 4) is 0 Å². The molecule has 1 saturated heterocycles. The van der Waals surface area contributed by atoms with E-state index in [0.29, 0.717) is 13.1 Å². The number of aryl methyl sites for hydroxylation is 1. The Morgan fingerprint density at radius 2 is 1.69 bits per heavy atom. The number of nitrogens with one attached hydrogen (secondary N) is 1. The summed E-state index contributed by atoms with van der Waals surface area (Å²) in [6, 6.07) is 16.6. The molecule has 0 radical (unpaired) electrons. The summed E-state index contributed by atoms with van der Waals surface area (Å²) >= 11 is 0. The molecule has 3 rings (SSSR count). The molecule has 1 aliphatic rings. The average Bonchev–Trinajstić information content (AvgIpc) is 2.96. The van der Waals surface area contributed by atoms with Gasteiger partial charge in [0, 0.05) is 45.7 Å². The van der Waals surface area contributed by atoms with Gasteiger partial charge >= 0.3 is 0 Å². The molecule has 6 nitrogen and oxygen atoms in total. The zero-order valence-electron chi connectivity index (χ0n) is 16.9. The molecule has 0 saturated carbocycles. The monoisotopic (exact) mass is 415 g/mol. The van der Waals surface area contributed by atoms with E-state index in [4.69, 9.17) is 0 Å². The average molecular weight is 416 g/mol. The highest BCUT2D eigenvalue weighted by Gasteiger charge is 2.20. The van der Waals surface area contributed by atoms with Crippen LogP contribution in [0, 0.1) is 6.92 Å². The van der Waals surface area contributed by atoms with Gasteiger partial charge in [-0.1, -0.05) is 42.5 Å². The van der Waals surface area contributed by atoms with Gasteiger partial charge in [-0.05, 0) is 36.6 Å². The zero-order chi connectivity index (χ0) is 20.7. The Hall–Kier alpha value is -2.22. The number of amides is 1. The van der Waals surface area contributed by atoms with Crippen LogP contribution in [0.3, 0.4) is 0 Å². The molecule has 0 atom stereocenters. The van der Waals surface area contributed by atoms with Crippen LogP contribution in [0.4, 0.5) is 0 Å². The summed E-state index contributed by atoms with van der Waals surface area (Å²) in [7, 11) is -3.57. The first-order valence-corrected chi connectivity index (χ1v) is 11.5. The quantitative estimate of drug-likeness (QED) is 0.754. The maximum atomic E-state index is 12.6. The highest BCUT2D eigenvalue weighted by molar-refractivity contribution is 7.89. The predicted octanol–water partition coefficient (Wildman–Crippen LogP) is 2.40. The van der Waals surface area contributed by atoms with Crippen LogP contribution in [-0.2, 0) is 21.4 Å². The van der Waals surface area contributed by atoms with E-state index in [1.807, 2.05) is 11.0 Å². The molecule has 1 fully saturated rings. The van der Waals surface area contributed by atoms with E-state index in [-0.39, 0.29) is 23.8 Å². The van der Waals surface area contributed by atoms with E-state index >= 15 is 0 Å². The molecular formula is C22H29N3O3S. The van der Waals surface area contributed by atoms with Gasteiger partial charge < -0.3 is 4.90 Å². The minimum absolute atomic E-state index is 0.00139. The number of nitrogens with zero attached hydrogens (tertiary/aromatic N) is 2. The van der Waals surface area contributed by atoms with Crippen LogP contribution in [-0.4, -0.2) is 56.8 Å². The first kappa shape index (κ1) is 21.5. The third-order valence-corrected chi connectivity index (χ3v) is 6.76. The van der Waals surface area contributed by atoms with Crippen molar-refractivity contribution in [3.63, 3.8) is 0 Å². The van der Waals surface area contributed by atoms with E-state index < -0.39 is 10.0 Å². The predicted molar refractivity (Wildman–Crippen MR) is 114 cm³/mol. The Kier molecular flexibility index (Phi) is 7.41. The van der Waals surface area contributed by atoms with Gasteiger partial charge in [-0.25, -0.2) is 13.1 Å². The molecule has 2 aromatic rings. The number of carbonyl (C=O) groups is 1. The maximum Gasteiger partial charge on any atom is 0.240 e. The van der Waals surface area contributed by atoms with E-state index in [2.05, 4.69) is 34.7 Å². The van der Waals surface area contributed by atoms with E-state index in [1.54, 1.807) is 30.3 Å². The summed E-state index contributed by atoms with van der Waals surface area (Å²) in [5.41, 5.74) is 2.61. The second-order valence-corrected chi connectivity index (χ2v) is 9.16. The molecular weight excluding hydrogens is 386 g/mol. The van der Waals surface area contributed by atoms with Crippen molar-refractivity contribution in [3.05, 3.63) is 65.7 Å². The third-order valence-electron chi connectivity index (χ3n) is 5.28. The van der Waals surface area contributed by atoms with Gasteiger partial charge in [0.2, 0.25) is 15.9 Å². The number of rotatable bonds is 7. The fourth-order valence-corrected chi connectivity index (χ4v) is 4.59. The second kappa shape index (κ2) is 10.0. The van der Waals surface area contributed by atoms with Crippen molar-refractivity contribution < 1.29 is 13.2 Å². The lowest BCUT2D eigenvalue weighted by Gasteiger charge is -2.22. The van der Waals surface area contributed by atoms with Crippen molar-refractivity contribution in [2.24, 2.45) is 0 Å². The number of benzene rings is 2. The minimum Gasteiger partial charge on any atom is -0.341 e. The maximum absolute atomic E-state index is 12.6. The Balaban J connectivity index is 1.46. The van der Waals surface area contributed by atoms with Crippen LogP contribution >= 0.6 is 0 Å². The largest absolute Gasteiger partial charge is 0.341 e. The van der Waals surface area contributed by atoms with Gasteiger partial charge in [0.15, 0.2) is 0 Å². The summed E-state index contributed by atoms with van der Waals surface area (Å²) < 4.78 is 27.0. The van der Waals surface area contributed by atoms with E-state index in [1.165, 1.54) is 11.1 Å². The SMILES string of the molecule is Cc1ccccc1CN1CCCN(C(=O)CCNS(=O)(=O)c2ccccc2)CC1. The van der Waals surface area contributed by atoms with Gasteiger partial charge in [0.1, 0.15) is 0 Å². The summed E-state index contributed by atoms with van der Waals surface area (Å²) in [6.07, 6.45) is 1.09. The Labute approximate surface area is 173 Å². The second-order valence-electron chi connectivity index (χ2n) is 7.40. The van der Waals surface area contributed by atoms with Gasteiger partial charge in [0.05, 0.1) is 4.90 Å². The Morgan fingerprint density at radius 1 is 0.966 bits per heavy atom. The lowest BCUT2D eigenvalue weighted by atomic mass is 10.1. The summed E-state index contributed by atoms with van der Waals surface area (Å²) in [6.45, 7) is 6.31. The summed E-state index contributed by atoms with van der Waals surface area (Å²) in [4.78, 5) is 17.0. The minimum atomic E-state index is -3.57. The molecule has 0 unspecified atom stereocenters. The summed E-state index contributed by atoms with van der Waals surface area (Å²) in [5.74, 6) is -0.00139. The van der Waals surface area contributed by atoms with Crippen LogP contribution in [0.5, 0.6) is 0 Å². The molecule has 29 heavy (non-hydrogen) atoms. The molecule has 0 spiro atoms. The van der Waals surface area contributed by atoms with Gasteiger partial charge in [-0.3, -0.25) is 9.69 Å². The number of carbonyl (C=O) groups excluding carboxylic acids is 1. The fraction of sp³-hybridized carbons (Fsp3) is 0.409. The first-order valence-electron chi connectivity index (χ1n) is 10.0. The number of hydrogen-bond donors (Lipinski definition) is 1. The van der Waals surface area contributed by atoms with Crippen LogP contribution in [0.25, 0.3) is 0 Å². The number of sulfonamides is 1. The molecule has 1 N–H and O–H groups in total. The molecule has 1 aliphatic heterocycles. The lowest BCUT2D eigenvalue weighted by Crippen LogP contribution is -2.37. The van der Waals surface area contributed by atoms with Crippen molar-refractivity contribution >= 4 is 15.9 Å². The fourth-order valence-electron chi connectivity index (χ4n) is 3.54. The molecule has 2 aromatic carbocycles. The molecule has 1 heterocycles. The summed E-state index contributed by atoms with van der Waals surface area (Å²) in [5, 5.41) is 0. The van der Waals surface area contributed by atoms with E-state index in [0.717, 1.165) is 26.1 Å². The van der Waals surface area contributed by atoms with Crippen LogP contribution in [0.15, 0.2) is 59.5 Å². The molecule has 156 valence electrons. The van der Waals surface area contributed by atoms with Crippen LogP contribution < -0.4 is 4.72 Å².